The fourth-order valence-electron chi connectivity index (χ4n) is 1.86. The predicted octanol–water partition coefficient (Wildman–Crippen LogP) is -0.360. The minimum atomic E-state index is -0.593. The van der Waals surface area contributed by atoms with Crippen molar-refractivity contribution < 1.29 is 9.50 Å². The van der Waals surface area contributed by atoms with E-state index in [1.165, 1.54) is 0 Å². The Hall–Kier alpha value is -0.705. The Morgan fingerprint density at radius 1 is 1.54 bits per heavy atom. The number of hydrogen-bond donors (Lipinski definition) is 2. The van der Waals surface area contributed by atoms with Crippen LogP contribution in [0.25, 0.3) is 0 Å². The summed E-state index contributed by atoms with van der Waals surface area (Å²) in [6.45, 7) is 5.76. The van der Waals surface area contributed by atoms with Crippen LogP contribution in [-0.2, 0) is 9.50 Å². The first-order valence-electron chi connectivity index (χ1n) is 4.41. The van der Waals surface area contributed by atoms with Gasteiger partial charge in [0.15, 0.2) is 0 Å². The molecular weight excluding hydrogens is 167 g/mol. The summed E-state index contributed by atoms with van der Waals surface area (Å²) in [5, 5.41) is 5.81. The molecule has 0 aliphatic carbocycles. The predicted molar refractivity (Wildman–Crippen MR) is 49.7 cm³/mol. The van der Waals surface area contributed by atoms with Crippen LogP contribution in [0.1, 0.15) is 27.2 Å². The van der Waals surface area contributed by atoms with Crippen LogP contribution in [0.4, 0.5) is 0 Å². The van der Waals surface area contributed by atoms with E-state index in [9.17, 15) is 9.50 Å². The molecule has 0 aromatic carbocycles. The monoisotopic (exact) mass is 182 g/mol. The van der Waals surface area contributed by atoms with Gasteiger partial charge in [0.1, 0.15) is 0 Å². The van der Waals surface area contributed by atoms with Gasteiger partial charge in [0.2, 0.25) is 0 Å². The van der Waals surface area contributed by atoms with Crippen LogP contribution in [0.2, 0.25) is 0 Å². The molecule has 1 saturated heterocycles. The van der Waals surface area contributed by atoms with Crippen molar-refractivity contribution in [1.29, 1.82) is 0 Å². The van der Waals surface area contributed by atoms with E-state index in [2.05, 4.69) is 10.6 Å². The van der Waals surface area contributed by atoms with Crippen LogP contribution in [-0.4, -0.2) is 30.6 Å². The Kier molecular flexibility index (Phi) is 2.57. The molecule has 13 heavy (non-hydrogen) atoms. The average Bonchev–Trinajstić information content (AvgIpc) is 2.18. The molecule has 1 heterocycles. The minimum absolute atomic E-state index is 0.0284. The van der Waals surface area contributed by atoms with Crippen molar-refractivity contribution >= 4 is 13.1 Å². The van der Waals surface area contributed by atoms with Crippen molar-refractivity contribution in [3.05, 3.63) is 0 Å². The first kappa shape index (κ1) is 10.4. The van der Waals surface area contributed by atoms with Crippen LogP contribution in [0, 0.1) is 0 Å². The number of hydrogen-bond acceptors (Lipinski definition) is 3. The Labute approximate surface area is 78.7 Å². The molecule has 5 heteroatoms. The third-order valence-corrected chi connectivity index (χ3v) is 2.32. The third-order valence-electron chi connectivity index (χ3n) is 2.32. The summed E-state index contributed by atoms with van der Waals surface area (Å²) < 4.78 is 10.2. The van der Waals surface area contributed by atoms with E-state index in [4.69, 9.17) is 0 Å². The zero-order valence-electron chi connectivity index (χ0n) is 8.31. The van der Waals surface area contributed by atoms with E-state index < -0.39 is 5.54 Å². The number of rotatable bonds is 3. The van der Waals surface area contributed by atoms with Gasteiger partial charge in [0.25, 0.3) is 0 Å². The van der Waals surface area contributed by atoms with Crippen LogP contribution in [0.3, 0.4) is 0 Å². The van der Waals surface area contributed by atoms with Gasteiger partial charge in [0.05, 0.1) is 0 Å². The quantitative estimate of drug-likeness (QED) is 0.586. The van der Waals surface area contributed by atoms with Gasteiger partial charge in [-0.25, -0.2) is 0 Å². The van der Waals surface area contributed by atoms with Gasteiger partial charge >= 0.3 is 77.9 Å². The van der Waals surface area contributed by atoms with Crippen molar-refractivity contribution in [3.8, 4) is 0 Å². The van der Waals surface area contributed by atoms with E-state index in [1.807, 2.05) is 20.8 Å². The summed E-state index contributed by atoms with van der Waals surface area (Å²) in [7, 11) is 0.768. The molecule has 0 bridgehead atoms. The molecule has 1 atom stereocenters. The van der Waals surface area contributed by atoms with E-state index in [0.29, 0.717) is 6.42 Å². The molecule has 1 aliphatic heterocycles. The summed E-state index contributed by atoms with van der Waals surface area (Å²) in [6.07, 6.45) is 0.923. The zero-order valence-corrected chi connectivity index (χ0v) is 8.31. The molecule has 2 N–H and O–H groups in total. The standard InChI is InChI=1S/C8H15BN2O2/c1-7(2)4-8(3,6(12)11-7)10-5-9-13/h10H,4-5H2,1-3H3,(H,11,12). The Morgan fingerprint density at radius 2 is 2.15 bits per heavy atom. The second kappa shape index (κ2) is 3.22. The molecule has 1 unspecified atom stereocenters. The number of amides is 1. The molecule has 0 aromatic heterocycles. The van der Waals surface area contributed by atoms with E-state index in [1.54, 1.807) is 0 Å². The third kappa shape index (κ3) is 2.15. The van der Waals surface area contributed by atoms with Crippen LogP contribution in [0.5, 0.6) is 0 Å². The van der Waals surface area contributed by atoms with Crippen molar-refractivity contribution in [2.75, 3.05) is 6.44 Å². The van der Waals surface area contributed by atoms with Crippen LogP contribution in [0.15, 0.2) is 0 Å². The molecule has 1 fully saturated rings. The van der Waals surface area contributed by atoms with Gasteiger partial charge in [-0.15, -0.1) is 0 Å². The number of nitrogens with one attached hydrogen (secondary N) is 2. The molecule has 0 radical (unpaired) electrons. The van der Waals surface area contributed by atoms with Crippen molar-refractivity contribution in [1.82, 2.24) is 10.6 Å². The van der Waals surface area contributed by atoms with Gasteiger partial charge in [0, 0.05) is 0 Å². The van der Waals surface area contributed by atoms with Gasteiger partial charge in [-0.3, -0.25) is 0 Å². The van der Waals surface area contributed by atoms with Gasteiger partial charge in [-0.2, -0.15) is 0 Å². The molecule has 1 aliphatic rings. The van der Waals surface area contributed by atoms with Crippen molar-refractivity contribution in [2.24, 2.45) is 0 Å². The molecule has 0 saturated carbocycles. The van der Waals surface area contributed by atoms with E-state index in [0.717, 1.165) is 7.15 Å². The first-order valence-corrected chi connectivity index (χ1v) is 4.41. The van der Waals surface area contributed by atoms with Gasteiger partial charge < -0.3 is 0 Å². The number of carbonyl (C=O) groups is 1. The van der Waals surface area contributed by atoms with E-state index >= 15 is 0 Å². The number of carbonyl (C=O) groups excluding carboxylic acids is 1. The summed E-state index contributed by atoms with van der Waals surface area (Å²) in [4.78, 5) is 11.5. The molecule has 4 nitrogen and oxygen atoms in total. The topological polar surface area (TPSA) is 58.2 Å². The summed E-state index contributed by atoms with van der Waals surface area (Å²) in [5.74, 6) is -0.0284. The zero-order chi connectivity index (χ0) is 10.1. The van der Waals surface area contributed by atoms with Gasteiger partial charge in [-0.1, -0.05) is 0 Å². The molecule has 0 aromatic rings. The van der Waals surface area contributed by atoms with Crippen molar-refractivity contribution in [3.63, 3.8) is 0 Å². The normalized spacial score (nSPS) is 31.2. The summed E-state index contributed by atoms with van der Waals surface area (Å²) in [6, 6.07) is 0. The second-order valence-corrected chi connectivity index (χ2v) is 4.39. The fraction of sp³-hybridized carbons (Fsp3) is 0.875. The fourth-order valence-corrected chi connectivity index (χ4v) is 1.86. The first-order chi connectivity index (χ1) is 5.90. The van der Waals surface area contributed by atoms with E-state index in [-0.39, 0.29) is 17.9 Å². The molecule has 72 valence electrons. The summed E-state index contributed by atoms with van der Waals surface area (Å²) in [5.41, 5.74) is -0.772. The summed E-state index contributed by atoms with van der Waals surface area (Å²) >= 11 is 0. The molecular formula is C8H15BN2O2. The SMILES string of the molecule is CC1(C)CC(C)(NCB=O)C(=O)N1. The average molecular weight is 182 g/mol. The molecule has 0 spiro atoms. The maximum atomic E-state index is 11.5. The molecule has 1 amide bonds. The Balaban J connectivity index is 2.69. The second-order valence-electron chi connectivity index (χ2n) is 4.39. The van der Waals surface area contributed by atoms with Crippen LogP contribution < -0.4 is 10.6 Å². The van der Waals surface area contributed by atoms with Gasteiger partial charge in [-0.05, 0) is 0 Å². The van der Waals surface area contributed by atoms with Crippen molar-refractivity contribution in [2.45, 2.75) is 38.3 Å². The maximum absolute atomic E-state index is 11.5. The Bertz CT molecular complexity index is 242. The Morgan fingerprint density at radius 3 is 2.54 bits per heavy atom. The molecule has 1 rings (SSSR count). The van der Waals surface area contributed by atoms with Crippen LogP contribution >= 0.6 is 0 Å².